The number of H-pyrrole nitrogens is 1. The lowest BCUT2D eigenvalue weighted by Crippen LogP contribution is -2.17. The average molecular weight is 234 g/mol. The molecular weight excluding hydrogens is 224 g/mol. The van der Waals surface area contributed by atoms with E-state index < -0.39 is 6.04 Å². The van der Waals surface area contributed by atoms with E-state index in [-0.39, 0.29) is 0 Å². The first kappa shape index (κ1) is 10.9. The molecule has 0 aliphatic carbocycles. The quantitative estimate of drug-likeness (QED) is 0.595. The number of hydrogen-bond donors (Lipinski definition) is 2. The van der Waals surface area contributed by atoms with Gasteiger partial charge >= 0.3 is 0 Å². The van der Waals surface area contributed by atoms with E-state index >= 15 is 0 Å². The topological polar surface area (TPSA) is 104 Å². The number of fused-ring (bicyclic) bond motifs is 1. The van der Waals surface area contributed by atoms with E-state index in [2.05, 4.69) is 19.9 Å². The number of nitriles is 1. The summed E-state index contributed by atoms with van der Waals surface area (Å²) in [6.45, 7) is 0. The van der Waals surface area contributed by atoms with Crippen LogP contribution in [0.2, 0.25) is 0 Å². The minimum Gasteiger partial charge on any atom is -0.341 e. The predicted molar refractivity (Wildman–Crippen MR) is 60.6 cm³/mol. The van der Waals surface area contributed by atoms with Crippen LogP contribution in [0.15, 0.2) is 17.7 Å². The first-order valence-corrected chi connectivity index (χ1v) is 5.72. The second-order valence-corrected chi connectivity index (χ2v) is 4.24. The molecule has 0 saturated carbocycles. The molecule has 0 radical (unpaired) electrons. The molecule has 0 amide bonds. The summed E-state index contributed by atoms with van der Waals surface area (Å²) in [7, 11) is 0. The molecule has 2 aromatic heterocycles. The summed E-state index contributed by atoms with van der Waals surface area (Å²) < 4.78 is 0. The molecule has 0 bridgehead atoms. The van der Waals surface area contributed by atoms with Crippen molar-refractivity contribution < 1.29 is 0 Å². The number of aromatic nitrogens is 4. The minimum absolute atomic E-state index is 0.411. The Morgan fingerprint density at radius 2 is 2.38 bits per heavy atom. The molecule has 0 aliphatic rings. The third-order valence-corrected chi connectivity index (χ3v) is 3.04. The summed E-state index contributed by atoms with van der Waals surface area (Å²) in [6, 6.07) is 1.58. The van der Waals surface area contributed by atoms with E-state index in [0.29, 0.717) is 12.1 Å². The van der Waals surface area contributed by atoms with Crippen molar-refractivity contribution in [2.75, 3.05) is 5.75 Å². The molecule has 2 aromatic rings. The van der Waals surface area contributed by atoms with E-state index in [9.17, 15) is 0 Å². The fourth-order valence-corrected chi connectivity index (χ4v) is 2.18. The van der Waals surface area contributed by atoms with Crippen LogP contribution in [0, 0.1) is 11.3 Å². The number of aromatic amines is 1. The van der Waals surface area contributed by atoms with Gasteiger partial charge in [-0.15, -0.1) is 11.8 Å². The molecule has 0 aliphatic heterocycles. The zero-order chi connectivity index (χ0) is 11.4. The molecule has 0 spiro atoms. The molecule has 7 heteroatoms. The fraction of sp³-hybridized carbons (Fsp3) is 0.333. The van der Waals surface area contributed by atoms with Gasteiger partial charge in [-0.25, -0.2) is 15.0 Å². The molecule has 6 nitrogen and oxygen atoms in total. The Hall–Kier alpha value is -1.65. The SMILES string of the molecule is N#CC(N)CCSc1ncnc2nc[nH]c12. The first-order chi connectivity index (χ1) is 7.81. The summed E-state index contributed by atoms with van der Waals surface area (Å²) in [6.07, 6.45) is 3.71. The lowest BCUT2D eigenvalue weighted by atomic mass is 10.3. The van der Waals surface area contributed by atoms with Crippen LogP contribution in [0.4, 0.5) is 0 Å². The second kappa shape index (κ2) is 4.92. The summed E-state index contributed by atoms with van der Waals surface area (Å²) in [5, 5.41) is 9.39. The van der Waals surface area contributed by atoms with Crippen molar-refractivity contribution in [3.63, 3.8) is 0 Å². The number of hydrogen-bond acceptors (Lipinski definition) is 6. The molecular formula is C9H10N6S. The van der Waals surface area contributed by atoms with E-state index in [1.807, 2.05) is 6.07 Å². The highest BCUT2D eigenvalue weighted by Crippen LogP contribution is 2.22. The van der Waals surface area contributed by atoms with E-state index in [1.165, 1.54) is 6.33 Å². The molecule has 16 heavy (non-hydrogen) atoms. The number of thioether (sulfide) groups is 1. The van der Waals surface area contributed by atoms with Gasteiger partial charge in [0.1, 0.15) is 16.9 Å². The summed E-state index contributed by atoms with van der Waals surface area (Å²) in [4.78, 5) is 15.2. The largest absolute Gasteiger partial charge is 0.341 e. The van der Waals surface area contributed by atoms with Crippen molar-refractivity contribution in [2.45, 2.75) is 17.5 Å². The molecule has 2 heterocycles. The monoisotopic (exact) mass is 234 g/mol. The van der Waals surface area contributed by atoms with Crippen molar-refractivity contribution in [2.24, 2.45) is 5.73 Å². The maximum Gasteiger partial charge on any atom is 0.181 e. The van der Waals surface area contributed by atoms with E-state index in [1.54, 1.807) is 18.1 Å². The molecule has 0 fully saturated rings. The normalized spacial score (nSPS) is 12.5. The smallest absolute Gasteiger partial charge is 0.181 e. The van der Waals surface area contributed by atoms with Crippen LogP contribution >= 0.6 is 11.8 Å². The number of nitrogens with one attached hydrogen (secondary N) is 1. The minimum atomic E-state index is -0.411. The molecule has 3 N–H and O–H groups in total. The number of nitrogens with zero attached hydrogens (tertiary/aromatic N) is 4. The standard InChI is InChI=1S/C9H10N6S/c10-3-6(11)1-2-16-9-7-8(13-4-12-7)14-5-15-9/h4-6H,1-2,11H2,(H,12,13,14,15). The van der Waals surface area contributed by atoms with Crippen molar-refractivity contribution in [3.8, 4) is 6.07 Å². The average Bonchev–Trinajstić information content (AvgIpc) is 2.77. The molecule has 1 unspecified atom stereocenters. The lowest BCUT2D eigenvalue weighted by Gasteiger charge is -2.02. The van der Waals surface area contributed by atoms with Crippen molar-refractivity contribution in [3.05, 3.63) is 12.7 Å². The fourth-order valence-electron chi connectivity index (χ4n) is 1.20. The summed E-state index contributed by atoms with van der Waals surface area (Å²) in [5.41, 5.74) is 6.99. The number of imidazole rings is 1. The maximum absolute atomic E-state index is 8.54. The van der Waals surface area contributed by atoms with Crippen LogP contribution in [-0.2, 0) is 0 Å². The van der Waals surface area contributed by atoms with Crippen LogP contribution in [0.3, 0.4) is 0 Å². The van der Waals surface area contributed by atoms with E-state index in [4.69, 9.17) is 11.0 Å². The number of nitrogens with two attached hydrogens (primary N) is 1. The van der Waals surface area contributed by atoms with Gasteiger partial charge in [0.2, 0.25) is 0 Å². The summed E-state index contributed by atoms with van der Waals surface area (Å²) >= 11 is 1.54. The number of rotatable bonds is 4. The van der Waals surface area contributed by atoms with Gasteiger partial charge in [0.15, 0.2) is 5.65 Å². The Morgan fingerprint density at radius 1 is 1.50 bits per heavy atom. The van der Waals surface area contributed by atoms with Crippen LogP contribution in [0.25, 0.3) is 11.2 Å². The molecule has 2 rings (SSSR count). The Labute approximate surface area is 96.3 Å². The van der Waals surface area contributed by atoms with Gasteiger partial charge in [-0.3, -0.25) is 0 Å². The van der Waals surface area contributed by atoms with Gasteiger partial charge in [-0.05, 0) is 6.42 Å². The predicted octanol–water partition coefficient (Wildman–Crippen LogP) is 0.686. The lowest BCUT2D eigenvalue weighted by molar-refractivity contribution is 0.802. The molecule has 1 atom stereocenters. The van der Waals surface area contributed by atoms with Gasteiger partial charge in [0.25, 0.3) is 0 Å². The zero-order valence-electron chi connectivity index (χ0n) is 8.42. The second-order valence-electron chi connectivity index (χ2n) is 3.15. The highest BCUT2D eigenvalue weighted by atomic mass is 32.2. The zero-order valence-corrected chi connectivity index (χ0v) is 9.24. The maximum atomic E-state index is 8.54. The molecule has 82 valence electrons. The van der Waals surface area contributed by atoms with Gasteiger partial charge < -0.3 is 10.7 Å². The van der Waals surface area contributed by atoms with Gasteiger partial charge in [0.05, 0.1) is 18.4 Å². The van der Waals surface area contributed by atoms with Crippen molar-refractivity contribution in [1.29, 1.82) is 5.26 Å². The van der Waals surface area contributed by atoms with Crippen LogP contribution in [0.1, 0.15) is 6.42 Å². The van der Waals surface area contributed by atoms with Crippen LogP contribution in [-0.4, -0.2) is 31.7 Å². The van der Waals surface area contributed by atoms with Gasteiger partial charge in [-0.2, -0.15) is 5.26 Å². The summed E-state index contributed by atoms with van der Waals surface area (Å²) in [5.74, 6) is 0.750. The van der Waals surface area contributed by atoms with Gasteiger partial charge in [-0.1, -0.05) is 0 Å². The first-order valence-electron chi connectivity index (χ1n) is 4.73. The van der Waals surface area contributed by atoms with Crippen molar-refractivity contribution in [1.82, 2.24) is 19.9 Å². The highest BCUT2D eigenvalue weighted by molar-refractivity contribution is 7.99. The highest BCUT2D eigenvalue weighted by Gasteiger charge is 2.07. The Balaban J connectivity index is 2.04. The van der Waals surface area contributed by atoms with E-state index in [0.717, 1.165) is 16.3 Å². The van der Waals surface area contributed by atoms with Crippen molar-refractivity contribution >= 4 is 22.9 Å². The van der Waals surface area contributed by atoms with Crippen LogP contribution in [0.5, 0.6) is 0 Å². The van der Waals surface area contributed by atoms with Crippen LogP contribution < -0.4 is 5.73 Å². The third kappa shape index (κ3) is 2.29. The molecule has 0 aromatic carbocycles. The Kier molecular flexibility index (Phi) is 3.34. The molecule has 0 saturated heterocycles. The third-order valence-electron chi connectivity index (χ3n) is 2.02. The Bertz CT molecular complexity index is 516. The Morgan fingerprint density at radius 3 is 3.19 bits per heavy atom. The van der Waals surface area contributed by atoms with Gasteiger partial charge in [0, 0.05) is 5.75 Å².